The van der Waals surface area contributed by atoms with Crippen molar-refractivity contribution >= 4 is 28.9 Å². The molecule has 0 radical (unpaired) electrons. The lowest BCUT2D eigenvalue weighted by Crippen LogP contribution is -2.22. The number of carbonyl (C=O) groups excluding carboxylic acids is 2. The third-order valence-electron chi connectivity index (χ3n) is 6.07. The molecule has 2 aliphatic rings. The van der Waals surface area contributed by atoms with Crippen LogP contribution in [-0.4, -0.2) is 30.7 Å². The predicted octanol–water partition coefficient (Wildman–Crippen LogP) is 5.47. The van der Waals surface area contributed by atoms with E-state index in [1.807, 2.05) is 6.08 Å². The third kappa shape index (κ3) is 4.44. The molecule has 0 aliphatic heterocycles. The molecule has 0 bridgehead atoms. The van der Waals surface area contributed by atoms with Gasteiger partial charge in [0.25, 0.3) is 0 Å². The zero-order valence-corrected chi connectivity index (χ0v) is 18.5. The highest BCUT2D eigenvalue weighted by molar-refractivity contribution is 6.04. The Bertz CT molecular complexity index is 929. The zero-order chi connectivity index (χ0) is 21.3. The van der Waals surface area contributed by atoms with E-state index in [0.717, 1.165) is 48.0 Å². The summed E-state index contributed by atoms with van der Waals surface area (Å²) in [6.07, 6.45) is 10.6. The number of ketones is 1. The summed E-state index contributed by atoms with van der Waals surface area (Å²) in [5, 5.41) is 0. The van der Waals surface area contributed by atoms with Gasteiger partial charge in [0, 0.05) is 26.9 Å². The summed E-state index contributed by atoms with van der Waals surface area (Å²) in [6.45, 7) is 10.9. The van der Waals surface area contributed by atoms with Gasteiger partial charge in [0.2, 0.25) is 5.91 Å². The van der Waals surface area contributed by atoms with Crippen LogP contribution in [0.4, 0.5) is 0 Å². The molecule has 0 saturated heterocycles. The average Bonchev–Trinajstić information content (AvgIpc) is 2.65. The lowest BCUT2D eigenvalue weighted by Gasteiger charge is -2.32. The number of nitrogens with zero attached hydrogens (tertiary/aromatic N) is 1. The number of benzene rings is 1. The van der Waals surface area contributed by atoms with Gasteiger partial charge in [0.1, 0.15) is 0 Å². The summed E-state index contributed by atoms with van der Waals surface area (Å²) >= 11 is 0. The largest absolute Gasteiger partial charge is 0.349 e. The standard InChI is InChI=1S/C26H33NO2/c1-7-17(2)21-14-18-11-12-26(3,4)16-23(18)25-19(13-20(28)15-22(21)25)9-8-10-24(29)27(5)6/h11-14H,2,7-10,15-16H2,1,3-6H3. The molecule has 154 valence electrons. The minimum absolute atomic E-state index is 0.0947. The molecular weight excluding hydrogens is 358 g/mol. The molecule has 0 aromatic heterocycles. The first-order valence-electron chi connectivity index (χ1n) is 10.6. The molecule has 0 heterocycles. The number of hydrogen-bond acceptors (Lipinski definition) is 2. The first-order valence-corrected chi connectivity index (χ1v) is 10.6. The molecule has 3 rings (SSSR count). The molecule has 0 fully saturated rings. The fraction of sp³-hybridized carbons (Fsp3) is 0.462. The lowest BCUT2D eigenvalue weighted by atomic mass is 9.71. The summed E-state index contributed by atoms with van der Waals surface area (Å²) in [7, 11) is 3.57. The molecule has 0 saturated carbocycles. The monoisotopic (exact) mass is 391 g/mol. The Kier molecular flexibility index (Phi) is 5.97. The van der Waals surface area contributed by atoms with Crippen LogP contribution in [0.1, 0.15) is 74.3 Å². The van der Waals surface area contributed by atoms with Crippen molar-refractivity contribution in [3.63, 3.8) is 0 Å². The van der Waals surface area contributed by atoms with E-state index in [4.69, 9.17) is 0 Å². The van der Waals surface area contributed by atoms with Crippen LogP contribution in [-0.2, 0) is 22.4 Å². The fourth-order valence-corrected chi connectivity index (χ4v) is 4.38. The van der Waals surface area contributed by atoms with Crippen molar-refractivity contribution in [1.29, 1.82) is 0 Å². The van der Waals surface area contributed by atoms with Gasteiger partial charge in [-0.25, -0.2) is 0 Å². The SMILES string of the molecule is C=C(CC)c1cc2c(c3c1CC(=O)C=C3CCCC(=O)N(C)C)CC(C)(C)C=C2. The van der Waals surface area contributed by atoms with E-state index in [9.17, 15) is 9.59 Å². The van der Waals surface area contributed by atoms with Crippen LogP contribution >= 0.6 is 0 Å². The molecule has 1 amide bonds. The van der Waals surface area contributed by atoms with Crippen LogP contribution in [0, 0.1) is 5.41 Å². The quantitative estimate of drug-likeness (QED) is 0.644. The maximum absolute atomic E-state index is 12.6. The average molecular weight is 392 g/mol. The molecule has 3 nitrogen and oxygen atoms in total. The molecular formula is C26H33NO2. The maximum atomic E-state index is 12.6. The van der Waals surface area contributed by atoms with Crippen molar-refractivity contribution in [3.8, 4) is 0 Å². The predicted molar refractivity (Wildman–Crippen MR) is 122 cm³/mol. The van der Waals surface area contributed by atoms with E-state index in [-0.39, 0.29) is 17.1 Å². The van der Waals surface area contributed by atoms with Gasteiger partial charge < -0.3 is 4.90 Å². The second kappa shape index (κ2) is 8.14. The molecule has 0 unspecified atom stereocenters. The summed E-state index contributed by atoms with van der Waals surface area (Å²) in [6, 6.07) is 2.23. The second-order valence-corrected chi connectivity index (χ2v) is 9.26. The Labute approximate surface area is 175 Å². The van der Waals surface area contributed by atoms with E-state index < -0.39 is 0 Å². The fourth-order valence-electron chi connectivity index (χ4n) is 4.38. The van der Waals surface area contributed by atoms with Crippen LogP contribution in [0.2, 0.25) is 0 Å². The third-order valence-corrected chi connectivity index (χ3v) is 6.07. The normalized spacial score (nSPS) is 16.7. The molecule has 2 aliphatic carbocycles. The van der Waals surface area contributed by atoms with E-state index >= 15 is 0 Å². The number of amides is 1. The number of allylic oxidation sites excluding steroid dienone is 4. The van der Waals surface area contributed by atoms with Crippen molar-refractivity contribution < 1.29 is 9.59 Å². The van der Waals surface area contributed by atoms with Gasteiger partial charge >= 0.3 is 0 Å². The number of carbonyl (C=O) groups is 2. The van der Waals surface area contributed by atoms with Crippen molar-refractivity contribution in [2.75, 3.05) is 14.1 Å². The molecule has 1 aromatic rings. The Hall–Kier alpha value is -2.42. The van der Waals surface area contributed by atoms with Crippen LogP contribution < -0.4 is 0 Å². The van der Waals surface area contributed by atoms with E-state index in [2.05, 4.69) is 45.6 Å². The van der Waals surface area contributed by atoms with Gasteiger partial charge in [-0.1, -0.05) is 39.5 Å². The Morgan fingerprint density at radius 3 is 2.62 bits per heavy atom. The van der Waals surface area contributed by atoms with E-state index in [0.29, 0.717) is 12.8 Å². The topological polar surface area (TPSA) is 37.4 Å². The van der Waals surface area contributed by atoms with Gasteiger partial charge in [-0.15, -0.1) is 0 Å². The van der Waals surface area contributed by atoms with E-state index in [1.54, 1.807) is 19.0 Å². The van der Waals surface area contributed by atoms with E-state index in [1.165, 1.54) is 16.7 Å². The van der Waals surface area contributed by atoms with Crippen molar-refractivity contribution in [3.05, 3.63) is 52.6 Å². The summed E-state index contributed by atoms with van der Waals surface area (Å²) in [4.78, 5) is 26.2. The smallest absolute Gasteiger partial charge is 0.222 e. The van der Waals surface area contributed by atoms with Crippen LogP contribution in [0.5, 0.6) is 0 Å². The highest BCUT2D eigenvalue weighted by Gasteiger charge is 2.30. The first kappa shape index (κ1) is 21.3. The van der Waals surface area contributed by atoms with Crippen LogP contribution in [0.3, 0.4) is 0 Å². The minimum Gasteiger partial charge on any atom is -0.349 e. The maximum Gasteiger partial charge on any atom is 0.222 e. The lowest BCUT2D eigenvalue weighted by molar-refractivity contribution is -0.128. The van der Waals surface area contributed by atoms with Crippen molar-refractivity contribution in [2.45, 2.75) is 59.3 Å². The number of rotatable bonds is 6. The van der Waals surface area contributed by atoms with Crippen LogP contribution in [0.15, 0.2) is 24.8 Å². The molecule has 0 atom stereocenters. The molecule has 0 N–H and O–H groups in total. The van der Waals surface area contributed by atoms with Crippen LogP contribution in [0.25, 0.3) is 17.2 Å². The van der Waals surface area contributed by atoms with Gasteiger partial charge in [0.05, 0.1) is 0 Å². The highest BCUT2D eigenvalue weighted by Crippen LogP contribution is 2.43. The molecule has 29 heavy (non-hydrogen) atoms. The zero-order valence-electron chi connectivity index (χ0n) is 18.5. The van der Waals surface area contributed by atoms with Gasteiger partial charge in [-0.3, -0.25) is 9.59 Å². The van der Waals surface area contributed by atoms with Crippen molar-refractivity contribution in [2.24, 2.45) is 5.41 Å². The van der Waals surface area contributed by atoms with Gasteiger partial charge in [-0.2, -0.15) is 0 Å². The van der Waals surface area contributed by atoms with Gasteiger partial charge in [-0.05, 0) is 82.2 Å². The summed E-state index contributed by atoms with van der Waals surface area (Å²) in [5.74, 6) is 0.286. The molecule has 0 spiro atoms. The Morgan fingerprint density at radius 2 is 1.97 bits per heavy atom. The number of hydrogen-bond donors (Lipinski definition) is 0. The second-order valence-electron chi connectivity index (χ2n) is 9.26. The Balaban J connectivity index is 2.07. The highest BCUT2D eigenvalue weighted by atomic mass is 16.2. The molecule has 3 heteroatoms. The molecule has 1 aromatic carbocycles. The first-order chi connectivity index (χ1) is 13.6. The number of fused-ring (bicyclic) bond motifs is 3. The van der Waals surface area contributed by atoms with Gasteiger partial charge in [0.15, 0.2) is 5.78 Å². The summed E-state index contributed by atoms with van der Waals surface area (Å²) < 4.78 is 0. The Morgan fingerprint density at radius 1 is 1.24 bits per heavy atom. The minimum atomic E-state index is 0.0947. The van der Waals surface area contributed by atoms with Crippen molar-refractivity contribution in [1.82, 2.24) is 4.90 Å². The summed E-state index contributed by atoms with van der Waals surface area (Å²) in [5.41, 5.74) is 8.39.